The van der Waals surface area contributed by atoms with Gasteiger partial charge in [0, 0.05) is 18.2 Å². The Labute approximate surface area is 155 Å². The number of hydrogen-bond acceptors (Lipinski definition) is 8. The number of aromatic nitrogens is 1. The first kappa shape index (κ1) is 19.5. The number of anilines is 1. The number of nitro groups is 2. The third-order valence-corrected chi connectivity index (χ3v) is 3.97. The van der Waals surface area contributed by atoms with Crippen molar-refractivity contribution in [2.24, 2.45) is 0 Å². The number of nitrogens with two attached hydrogens (primary N) is 1. The predicted molar refractivity (Wildman–Crippen MR) is 86.6 cm³/mol. The number of nitrogen functional groups attached to an aromatic ring is 1. The molecule has 0 atom stereocenters. The number of benzene rings is 1. The van der Waals surface area contributed by atoms with Gasteiger partial charge in [-0.3, -0.25) is 39.9 Å². The lowest BCUT2D eigenvalue weighted by atomic mass is 10.1. The topological polar surface area (TPSA) is 180 Å². The minimum absolute atomic E-state index is 0.00728. The highest BCUT2D eigenvalue weighted by Gasteiger charge is 2.40. The number of carbonyl (C=O) groups is 2. The van der Waals surface area contributed by atoms with Crippen LogP contribution in [-0.2, 0) is 6.18 Å². The molecule has 12 nitrogen and oxygen atoms in total. The van der Waals surface area contributed by atoms with Crippen molar-refractivity contribution in [3.63, 3.8) is 0 Å². The van der Waals surface area contributed by atoms with Gasteiger partial charge in [0.25, 0.3) is 17.4 Å². The summed E-state index contributed by atoms with van der Waals surface area (Å²) in [6.07, 6.45) is -5.17. The summed E-state index contributed by atoms with van der Waals surface area (Å²) in [6.45, 7) is 0. The second-order valence-corrected chi connectivity index (χ2v) is 5.65. The van der Waals surface area contributed by atoms with Gasteiger partial charge in [-0.25, -0.2) is 4.57 Å². The van der Waals surface area contributed by atoms with Crippen LogP contribution in [-0.4, -0.2) is 26.2 Å². The smallest absolute Gasteiger partial charge is 0.384 e. The number of hydrogen-bond donors (Lipinski definition) is 2. The molecule has 3 rings (SSSR count). The van der Waals surface area contributed by atoms with E-state index in [0.29, 0.717) is 6.07 Å². The first-order chi connectivity index (χ1) is 13.3. The Bertz CT molecular complexity index is 1170. The van der Waals surface area contributed by atoms with E-state index in [9.17, 15) is 47.8 Å². The molecule has 0 saturated heterocycles. The molecule has 1 aromatic heterocycles. The molecule has 1 aliphatic rings. The number of nitrogens with zero attached hydrogens (tertiary/aromatic N) is 3. The van der Waals surface area contributed by atoms with Gasteiger partial charge in [-0.15, -0.1) is 0 Å². The Morgan fingerprint density at radius 3 is 1.93 bits per heavy atom. The van der Waals surface area contributed by atoms with E-state index < -0.39 is 73.0 Å². The average molecular weight is 413 g/mol. The van der Waals surface area contributed by atoms with Crippen LogP contribution < -0.4 is 16.6 Å². The van der Waals surface area contributed by atoms with Crippen molar-refractivity contribution < 1.29 is 32.6 Å². The van der Waals surface area contributed by atoms with Gasteiger partial charge in [0.2, 0.25) is 5.69 Å². The van der Waals surface area contributed by atoms with Crippen LogP contribution >= 0.6 is 0 Å². The first-order valence-electron chi connectivity index (χ1n) is 7.30. The van der Waals surface area contributed by atoms with Gasteiger partial charge in [0.05, 0.1) is 26.5 Å². The fourth-order valence-corrected chi connectivity index (χ4v) is 2.79. The van der Waals surface area contributed by atoms with Gasteiger partial charge in [-0.1, -0.05) is 0 Å². The molecular formula is C14H6F3N5O7. The van der Waals surface area contributed by atoms with E-state index in [1.54, 1.807) is 5.32 Å². The lowest BCUT2D eigenvalue weighted by molar-refractivity contribution is -0.394. The van der Waals surface area contributed by atoms with Crippen molar-refractivity contribution >= 4 is 29.0 Å². The molecule has 2 heterocycles. The van der Waals surface area contributed by atoms with Crippen LogP contribution in [0.1, 0.15) is 26.3 Å². The number of carbonyl (C=O) groups excluding carboxylic acids is 2. The van der Waals surface area contributed by atoms with Crippen molar-refractivity contribution in [3.05, 3.63) is 65.5 Å². The quantitative estimate of drug-likeness (QED) is 0.427. The predicted octanol–water partition coefficient (Wildman–Crippen LogP) is 1.14. The van der Waals surface area contributed by atoms with Gasteiger partial charge >= 0.3 is 17.6 Å². The standard InChI is InChI=1S/C14H6F3N5O7/c15-14(16,17)4-1-6(21(26)27)10(7(2-4)22(28)29)20-8(23)3-5-9(11(20)18)13(25)19-12(5)24/h1-3H,18H2,(H,19,24,25). The van der Waals surface area contributed by atoms with Gasteiger partial charge in [0.15, 0.2) is 0 Å². The normalized spacial score (nSPS) is 13.2. The zero-order valence-electron chi connectivity index (χ0n) is 13.6. The SMILES string of the molecule is Nc1c2c(cc(=O)n1-c1c([N+](=O)[O-])cc(C(F)(F)F)cc1[N+](=O)[O-])C(=O)NC2=O. The van der Waals surface area contributed by atoms with Gasteiger partial charge in [-0.05, 0) is 0 Å². The third-order valence-electron chi connectivity index (χ3n) is 3.97. The maximum Gasteiger partial charge on any atom is 0.416 e. The molecule has 0 saturated carbocycles. The van der Waals surface area contributed by atoms with Crippen LogP contribution in [0.5, 0.6) is 0 Å². The summed E-state index contributed by atoms with van der Waals surface area (Å²) in [6, 6.07) is 0.524. The first-order valence-corrected chi connectivity index (χ1v) is 7.30. The highest BCUT2D eigenvalue weighted by molar-refractivity contribution is 6.23. The average Bonchev–Trinajstić information content (AvgIpc) is 2.87. The van der Waals surface area contributed by atoms with E-state index in [2.05, 4.69) is 0 Å². The molecule has 2 aromatic rings. The summed E-state index contributed by atoms with van der Waals surface area (Å²) in [4.78, 5) is 55.9. The molecule has 1 aliphatic heterocycles. The molecule has 0 bridgehead atoms. The Hall–Kier alpha value is -4.30. The number of nitro benzene ring substituents is 2. The lowest BCUT2D eigenvalue weighted by Crippen LogP contribution is -2.25. The summed E-state index contributed by atoms with van der Waals surface area (Å²) >= 11 is 0. The fraction of sp³-hybridized carbons (Fsp3) is 0.0714. The molecule has 29 heavy (non-hydrogen) atoms. The van der Waals surface area contributed by atoms with Crippen LogP contribution in [0.15, 0.2) is 23.0 Å². The molecule has 0 aliphatic carbocycles. The number of rotatable bonds is 3. The van der Waals surface area contributed by atoms with Gasteiger partial charge < -0.3 is 5.73 Å². The highest BCUT2D eigenvalue weighted by atomic mass is 19.4. The van der Waals surface area contributed by atoms with Gasteiger partial charge in [0.1, 0.15) is 5.82 Å². The summed E-state index contributed by atoms with van der Waals surface area (Å²) in [7, 11) is 0. The zero-order chi connectivity index (χ0) is 21.8. The fourth-order valence-electron chi connectivity index (χ4n) is 2.79. The largest absolute Gasteiger partial charge is 0.416 e. The van der Waals surface area contributed by atoms with Crippen LogP contribution in [0.3, 0.4) is 0 Å². The summed E-state index contributed by atoms with van der Waals surface area (Å²) in [5.74, 6) is -2.98. The van der Waals surface area contributed by atoms with E-state index in [-0.39, 0.29) is 16.7 Å². The van der Waals surface area contributed by atoms with Crippen LogP contribution in [0.4, 0.5) is 30.4 Å². The number of fused-ring (bicyclic) bond motifs is 1. The molecule has 0 unspecified atom stereocenters. The minimum atomic E-state index is -5.17. The number of alkyl halides is 3. The Balaban J connectivity index is 2.50. The molecule has 0 radical (unpaired) electrons. The van der Waals surface area contributed by atoms with Gasteiger partial charge in [-0.2, -0.15) is 13.2 Å². The summed E-state index contributed by atoms with van der Waals surface area (Å²) in [5.41, 5.74) is -2.53. The Kier molecular flexibility index (Phi) is 4.10. The van der Waals surface area contributed by atoms with E-state index in [4.69, 9.17) is 5.73 Å². The third kappa shape index (κ3) is 2.93. The van der Waals surface area contributed by atoms with Crippen molar-refractivity contribution in [2.45, 2.75) is 6.18 Å². The van der Waals surface area contributed by atoms with Crippen molar-refractivity contribution in [1.29, 1.82) is 0 Å². The van der Waals surface area contributed by atoms with Crippen molar-refractivity contribution in [3.8, 4) is 5.69 Å². The van der Waals surface area contributed by atoms with Crippen LogP contribution in [0, 0.1) is 20.2 Å². The highest BCUT2D eigenvalue weighted by Crippen LogP contribution is 2.40. The van der Waals surface area contributed by atoms with E-state index in [0.717, 1.165) is 0 Å². The van der Waals surface area contributed by atoms with Crippen molar-refractivity contribution in [2.75, 3.05) is 5.73 Å². The second kappa shape index (κ2) is 6.11. The monoisotopic (exact) mass is 413 g/mol. The van der Waals surface area contributed by atoms with E-state index >= 15 is 0 Å². The maximum atomic E-state index is 13.0. The Morgan fingerprint density at radius 2 is 1.48 bits per heavy atom. The molecular weight excluding hydrogens is 407 g/mol. The summed E-state index contributed by atoms with van der Waals surface area (Å²) < 4.78 is 39.2. The number of pyridine rings is 1. The zero-order valence-corrected chi connectivity index (χ0v) is 13.6. The van der Waals surface area contributed by atoms with Crippen LogP contribution in [0.25, 0.3) is 5.69 Å². The molecule has 3 N–H and O–H groups in total. The molecule has 150 valence electrons. The van der Waals surface area contributed by atoms with Crippen LogP contribution in [0.2, 0.25) is 0 Å². The minimum Gasteiger partial charge on any atom is -0.384 e. The number of amides is 2. The van der Waals surface area contributed by atoms with E-state index in [1.807, 2.05) is 0 Å². The molecule has 2 amide bonds. The summed E-state index contributed by atoms with van der Waals surface area (Å²) in [5, 5.41) is 24.5. The number of nitrogens with one attached hydrogen (secondary N) is 1. The van der Waals surface area contributed by atoms with E-state index in [1.165, 1.54) is 0 Å². The molecule has 15 heteroatoms. The molecule has 1 aromatic carbocycles. The molecule has 0 fully saturated rings. The number of imide groups is 1. The molecule has 0 spiro atoms. The maximum absolute atomic E-state index is 13.0. The lowest BCUT2D eigenvalue weighted by Gasteiger charge is -2.14. The Morgan fingerprint density at radius 1 is 0.966 bits per heavy atom. The van der Waals surface area contributed by atoms with Crippen molar-refractivity contribution in [1.82, 2.24) is 9.88 Å². The second-order valence-electron chi connectivity index (χ2n) is 5.65. The number of halogens is 3.